The van der Waals surface area contributed by atoms with E-state index in [2.05, 4.69) is 0 Å². The molecule has 6 heteroatoms. The number of rotatable bonds is 6. The molecule has 0 spiro atoms. The van der Waals surface area contributed by atoms with Crippen LogP contribution in [0, 0.1) is 5.82 Å². The third kappa shape index (κ3) is 4.14. The summed E-state index contributed by atoms with van der Waals surface area (Å²) in [5, 5.41) is 17.4. The van der Waals surface area contributed by atoms with Gasteiger partial charge in [-0.1, -0.05) is 0 Å². The van der Waals surface area contributed by atoms with Crippen LogP contribution in [0.15, 0.2) is 24.3 Å². The second kappa shape index (κ2) is 6.70. The fourth-order valence-corrected chi connectivity index (χ4v) is 1.44. The second-order valence-corrected chi connectivity index (χ2v) is 3.67. The van der Waals surface area contributed by atoms with Crippen molar-refractivity contribution in [3.63, 3.8) is 0 Å². The topological polar surface area (TPSA) is 77.8 Å². The average molecular weight is 255 g/mol. The van der Waals surface area contributed by atoms with E-state index in [4.69, 9.17) is 10.2 Å². The molecule has 0 aliphatic rings. The molecule has 18 heavy (non-hydrogen) atoms. The molecule has 1 rings (SSSR count). The highest BCUT2D eigenvalue weighted by Gasteiger charge is 2.16. The van der Waals surface area contributed by atoms with Crippen LogP contribution in [0.5, 0.6) is 0 Å². The molecular formula is C12H14FNO4. The summed E-state index contributed by atoms with van der Waals surface area (Å²) in [6, 6.07) is 4.95. The first-order valence-electron chi connectivity index (χ1n) is 5.42. The zero-order valence-corrected chi connectivity index (χ0v) is 9.67. The Kier molecular flexibility index (Phi) is 5.26. The van der Waals surface area contributed by atoms with Gasteiger partial charge in [0, 0.05) is 18.7 Å². The first-order chi connectivity index (χ1) is 8.54. The number of halogens is 1. The molecule has 98 valence electrons. The standard InChI is InChI=1S/C12H14FNO4/c13-10-3-1-9(2-4-10)12(18)14(7-8-15)6-5-11(16)17/h1-4,15H,5-8H2,(H,16,17). The largest absolute Gasteiger partial charge is 0.481 e. The van der Waals surface area contributed by atoms with E-state index in [1.54, 1.807) is 0 Å². The molecule has 0 heterocycles. The van der Waals surface area contributed by atoms with Crippen LogP contribution in [0.4, 0.5) is 4.39 Å². The number of carboxylic acids is 1. The number of amides is 1. The van der Waals surface area contributed by atoms with Crippen molar-refractivity contribution in [1.82, 2.24) is 4.90 Å². The fourth-order valence-electron chi connectivity index (χ4n) is 1.44. The number of carbonyl (C=O) groups excluding carboxylic acids is 1. The lowest BCUT2D eigenvalue weighted by Gasteiger charge is -2.20. The van der Waals surface area contributed by atoms with Gasteiger partial charge in [0.05, 0.1) is 13.0 Å². The summed E-state index contributed by atoms with van der Waals surface area (Å²) >= 11 is 0. The van der Waals surface area contributed by atoms with Gasteiger partial charge in [0.1, 0.15) is 5.82 Å². The minimum atomic E-state index is -1.02. The molecule has 0 fully saturated rings. The van der Waals surface area contributed by atoms with Crippen LogP contribution in [-0.4, -0.2) is 46.7 Å². The van der Waals surface area contributed by atoms with Crippen LogP contribution < -0.4 is 0 Å². The Balaban J connectivity index is 2.75. The van der Waals surface area contributed by atoms with Gasteiger partial charge in [0.2, 0.25) is 0 Å². The molecule has 0 saturated heterocycles. The quantitative estimate of drug-likeness (QED) is 0.785. The van der Waals surface area contributed by atoms with Crippen molar-refractivity contribution in [3.8, 4) is 0 Å². The molecule has 5 nitrogen and oxygen atoms in total. The number of aliphatic hydroxyl groups is 1. The van der Waals surface area contributed by atoms with Gasteiger partial charge in [0.15, 0.2) is 0 Å². The van der Waals surface area contributed by atoms with Crippen molar-refractivity contribution in [2.75, 3.05) is 19.7 Å². The van der Waals surface area contributed by atoms with Crippen LogP contribution in [-0.2, 0) is 4.79 Å². The number of nitrogens with zero attached hydrogens (tertiary/aromatic N) is 1. The van der Waals surface area contributed by atoms with Gasteiger partial charge in [-0.05, 0) is 24.3 Å². The van der Waals surface area contributed by atoms with Crippen molar-refractivity contribution >= 4 is 11.9 Å². The summed E-state index contributed by atoms with van der Waals surface area (Å²) in [5.41, 5.74) is 0.259. The number of hydrogen-bond acceptors (Lipinski definition) is 3. The maximum absolute atomic E-state index is 12.7. The van der Waals surface area contributed by atoms with E-state index in [0.29, 0.717) is 0 Å². The van der Waals surface area contributed by atoms with E-state index in [9.17, 15) is 14.0 Å². The number of carbonyl (C=O) groups is 2. The Bertz CT molecular complexity index is 419. The highest BCUT2D eigenvalue weighted by Crippen LogP contribution is 2.07. The molecule has 0 aliphatic carbocycles. The molecule has 0 aromatic heterocycles. The smallest absolute Gasteiger partial charge is 0.305 e. The van der Waals surface area contributed by atoms with Gasteiger partial charge in [-0.2, -0.15) is 0 Å². The van der Waals surface area contributed by atoms with Crippen molar-refractivity contribution in [3.05, 3.63) is 35.6 Å². The molecule has 2 N–H and O–H groups in total. The molecule has 1 amide bonds. The van der Waals surface area contributed by atoms with Gasteiger partial charge >= 0.3 is 5.97 Å². The van der Waals surface area contributed by atoms with Crippen LogP contribution in [0.2, 0.25) is 0 Å². The SMILES string of the molecule is O=C(O)CCN(CCO)C(=O)c1ccc(F)cc1. The maximum Gasteiger partial charge on any atom is 0.305 e. The Hall–Kier alpha value is -1.95. The van der Waals surface area contributed by atoms with Crippen LogP contribution in [0.3, 0.4) is 0 Å². The Morgan fingerprint density at radius 1 is 1.17 bits per heavy atom. The minimum Gasteiger partial charge on any atom is -0.481 e. The van der Waals surface area contributed by atoms with Crippen molar-refractivity contribution < 1.29 is 24.2 Å². The van der Waals surface area contributed by atoms with E-state index < -0.39 is 17.7 Å². The predicted octanol–water partition coefficient (Wildman–Crippen LogP) is 0.735. The summed E-state index contributed by atoms with van der Waals surface area (Å²) < 4.78 is 12.7. The molecule has 1 aromatic rings. The summed E-state index contributed by atoms with van der Waals surface area (Å²) in [5.74, 6) is -1.90. The molecule has 0 saturated carbocycles. The minimum absolute atomic E-state index is 0.00605. The monoisotopic (exact) mass is 255 g/mol. The number of hydrogen-bond donors (Lipinski definition) is 2. The maximum atomic E-state index is 12.7. The molecule has 0 atom stereocenters. The zero-order valence-electron chi connectivity index (χ0n) is 9.67. The molecule has 0 radical (unpaired) electrons. The molecule has 0 unspecified atom stereocenters. The predicted molar refractivity (Wildman–Crippen MR) is 61.6 cm³/mol. The average Bonchev–Trinajstić information content (AvgIpc) is 2.34. The number of carboxylic acid groups (broad SMARTS) is 1. The lowest BCUT2D eigenvalue weighted by Crippen LogP contribution is -2.35. The zero-order chi connectivity index (χ0) is 13.5. The fraction of sp³-hybridized carbons (Fsp3) is 0.333. The summed E-state index contributed by atoms with van der Waals surface area (Å²) in [7, 11) is 0. The summed E-state index contributed by atoms with van der Waals surface area (Å²) in [4.78, 5) is 23.6. The molecular weight excluding hydrogens is 241 g/mol. The van der Waals surface area contributed by atoms with E-state index in [1.807, 2.05) is 0 Å². The Morgan fingerprint density at radius 2 is 1.78 bits per heavy atom. The van der Waals surface area contributed by atoms with Gasteiger partial charge in [-0.15, -0.1) is 0 Å². The van der Waals surface area contributed by atoms with Crippen molar-refractivity contribution in [2.24, 2.45) is 0 Å². The van der Waals surface area contributed by atoms with Gasteiger partial charge in [0.25, 0.3) is 5.91 Å². The lowest BCUT2D eigenvalue weighted by molar-refractivity contribution is -0.137. The van der Waals surface area contributed by atoms with Gasteiger partial charge in [-0.3, -0.25) is 9.59 Å². The summed E-state index contributed by atoms with van der Waals surface area (Å²) in [6.07, 6.45) is -0.201. The van der Waals surface area contributed by atoms with E-state index in [-0.39, 0.29) is 31.7 Å². The normalized spacial score (nSPS) is 10.1. The van der Waals surface area contributed by atoms with Gasteiger partial charge < -0.3 is 15.1 Å². The number of benzene rings is 1. The third-order valence-electron chi connectivity index (χ3n) is 2.34. The van der Waals surface area contributed by atoms with Crippen LogP contribution in [0.25, 0.3) is 0 Å². The highest BCUT2D eigenvalue weighted by atomic mass is 19.1. The molecule has 0 aliphatic heterocycles. The summed E-state index contributed by atoms with van der Waals surface area (Å²) in [6.45, 7) is -0.206. The van der Waals surface area contributed by atoms with Gasteiger partial charge in [-0.25, -0.2) is 4.39 Å². The van der Waals surface area contributed by atoms with E-state index >= 15 is 0 Å². The number of aliphatic hydroxyl groups excluding tert-OH is 1. The number of aliphatic carboxylic acids is 1. The lowest BCUT2D eigenvalue weighted by atomic mass is 10.2. The van der Waals surface area contributed by atoms with E-state index in [0.717, 1.165) is 12.1 Å². The first kappa shape index (κ1) is 14.1. The van der Waals surface area contributed by atoms with Crippen LogP contribution in [0.1, 0.15) is 16.8 Å². The molecule has 0 bridgehead atoms. The first-order valence-corrected chi connectivity index (χ1v) is 5.42. The van der Waals surface area contributed by atoms with Crippen LogP contribution >= 0.6 is 0 Å². The Labute approximate surface area is 103 Å². The molecule has 1 aromatic carbocycles. The van der Waals surface area contributed by atoms with Crippen molar-refractivity contribution in [2.45, 2.75) is 6.42 Å². The Morgan fingerprint density at radius 3 is 2.28 bits per heavy atom. The van der Waals surface area contributed by atoms with E-state index in [1.165, 1.54) is 17.0 Å². The third-order valence-corrected chi connectivity index (χ3v) is 2.34. The second-order valence-electron chi connectivity index (χ2n) is 3.67. The highest BCUT2D eigenvalue weighted by molar-refractivity contribution is 5.94. The van der Waals surface area contributed by atoms with Crippen molar-refractivity contribution in [1.29, 1.82) is 0 Å².